The van der Waals surface area contributed by atoms with E-state index in [-0.39, 0.29) is 11.3 Å². The van der Waals surface area contributed by atoms with E-state index in [2.05, 4.69) is 11.9 Å². The minimum atomic E-state index is -0.974. The number of nitrogens with zero attached hydrogens (tertiary/aromatic N) is 2. The van der Waals surface area contributed by atoms with E-state index in [0.29, 0.717) is 51.4 Å². The van der Waals surface area contributed by atoms with Crippen molar-refractivity contribution in [1.82, 2.24) is 4.98 Å². The van der Waals surface area contributed by atoms with Crippen LogP contribution in [-0.4, -0.2) is 49.7 Å². The van der Waals surface area contributed by atoms with Crippen molar-refractivity contribution in [2.45, 2.75) is 25.8 Å². The maximum Gasteiger partial charge on any atom is 0.301 e. The molecule has 1 fully saturated rings. The van der Waals surface area contributed by atoms with Crippen molar-refractivity contribution in [3.63, 3.8) is 0 Å². The molecule has 1 aliphatic rings. The van der Waals surface area contributed by atoms with Gasteiger partial charge in [-0.15, -0.1) is 0 Å². The van der Waals surface area contributed by atoms with Crippen LogP contribution in [0.4, 0.5) is 5.13 Å². The van der Waals surface area contributed by atoms with Crippen molar-refractivity contribution in [1.29, 1.82) is 0 Å². The van der Waals surface area contributed by atoms with E-state index in [1.54, 1.807) is 61.7 Å². The van der Waals surface area contributed by atoms with Gasteiger partial charge in [0.2, 0.25) is 0 Å². The Morgan fingerprint density at radius 2 is 1.66 bits per heavy atom. The minimum Gasteiger partial charge on any atom is -0.507 e. The monoisotopic (exact) mass is 574 g/mol. The fourth-order valence-electron chi connectivity index (χ4n) is 4.67. The second kappa shape index (κ2) is 11.9. The molecule has 1 unspecified atom stereocenters. The number of carbonyl (C=O) groups excluding carboxylic acids is 2. The van der Waals surface area contributed by atoms with Crippen LogP contribution in [0.15, 0.2) is 66.2 Å². The van der Waals surface area contributed by atoms with Gasteiger partial charge in [-0.3, -0.25) is 14.5 Å². The molecule has 1 aromatic heterocycles. The average molecular weight is 575 g/mol. The number of ether oxygens (including phenoxy) is 4. The van der Waals surface area contributed by atoms with Gasteiger partial charge in [0, 0.05) is 5.56 Å². The third-order valence-corrected chi connectivity index (χ3v) is 7.87. The van der Waals surface area contributed by atoms with Crippen LogP contribution in [0.25, 0.3) is 16.0 Å². The number of ketones is 1. The van der Waals surface area contributed by atoms with E-state index in [1.807, 2.05) is 6.07 Å². The molecule has 1 saturated heterocycles. The number of Topliss-reactive ketones (excluding diaryl/α,β-unsaturated/α-hetero) is 1. The zero-order valence-corrected chi connectivity index (χ0v) is 24.0. The summed E-state index contributed by atoms with van der Waals surface area (Å²) in [7, 11) is 4.64. The lowest BCUT2D eigenvalue weighted by atomic mass is 9.95. The van der Waals surface area contributed by atoms with Crippen molar-refractivity contribution in [3.8, 4) is 23.0 Å². The number of amides is 1. The highest BCUT2D eigenvalue weighted by atomic mass is 32.1. The van der Waals surface area contributed by atoms with Crippen LogP contribution in [0.2, 0.25) is 0 Å². The van der Waals surface area contributed by atoms with Gasteiger partial charge in [0.25, 0.3) is 5.78 Å². The largest absolute Gasteiger partial charge is 0.507 e. The summed E-state index contributed by atoms with van der Waals surface area (Å²) < 4.78 is 22.9. The molecule has 0 bridgehead atoms. The topological polar surface area (TPSA) is 107 Å². The molecule has 10 heteroatoms. The minimum absolute atomic E-state index is 0.0568. The zero-order chi connectivity index (χ0) is 29.1. The maximum atomic E-state index is 13.6. The molecule has 9 nitrogen and oxygen atoms in total. The normalized spacial score (nSPS) is 16.3. The molecular formula is C31H30N2O7S. The van der Waals surface area contributed by atoms with Gasteiger partial charge >= 0.3 is 5.91 Å². The molecule has 5 rings (SSSR count). The van der Waals surface area contributed by atoms with Crippen LogP contribution < -0.4 is 23.8 Å². The van der Waals surface area contributed by atoms with Gasteiger partial charge in [-0.05, 0) is 66.6 Å². The molecule has 2 heterocycles. The molecule has 0 spiro atoms. The first-order chi connectivity index (χ1) is 19.9. The van der Waals surface area contributed by atoms with Crippen molar-refractivity contribution in [2.24, 2.45) is 0 Å². The van der Waals surface area contributed by atoms with Gasteiger partial charge < -0.3 is 24.1 Å². The van der Waals surface area contributed by atoms with E-state index < -0.39 is 17.7 Å². The molecule has 1 N–H and O–H groups in total. The van der Waals surface area contributed by atoms with Crippen molar-refractivity contribution < 1.29 is 33.6 Å². The molecule has 41 heavy (non-hydrogen) atoms. The Balaban J connectivity index is 1.67. The number of hydrogen-bond acceptors (Lipinski definition) is 9. The van der Waals surface area contributed by atoms with E-state index in [0.717, 1.165) is 17.5 Å². The number of aliphatic hydroxyl groups excluding tert-OH is 1. The molecule has 1 amide bonds. The van der Waals surface area contributed by atoms with Crippen LogP contribution in [-0.2, 0) is 9.59 Å². The van der Waals surface area contributed by atoms with E-state index in [4.69, 9.17) is 18.9 Å². The molecule has 0 saturated carbocycles. The Bertz CT molecular complexity index is 1630. The van der Waals surface area contributed by atoms with E-state index in [1.165, 1.54) is 30.5 Å². The maximum absolute atomic E-state index is 13.6. The predicted octanol–water partition coefficient (Wildman–Crippen LogP) is 6.13. The van der Waals surface area contributed by atoms with Gasteiger partial charge in [0.1, 0.15) is 17.3 Å². The number of hydrogen-bond donors (Lipinski definition) is 1. The van der Waals surface area contributed by atoms with Crippen molar-refractivity contribution in [3.05, 3.63) is 77.4 Å². The lowest BCUT2D eigenvalue weighted by Crippen LogP contribution is -2.29. The molecule has 4 aromatic rings. The number of methoxy groups -OCH3 is 3. The van der Waals surface area contributed by atoms with Gasteiger partial charge in [-0.1, -0.05) is 30.7 Å². The number of carbonyl (C=O) groups is 2. The molecule has 1 aliphatic heterocycles. The summed E-state index contributed by atoms with van der Waals surface area (Å²) in [6.45, 7) is 2.60. The first kappa shape index (κ1) is 28.0. The molecule has 0 aliphatic carbocycles. The number of aromatic nitrogens is 1. The van der Waals surface area contributed by atoms with Crippen molar-refractivity contribution >= 4 is 44.1 Å². The summed E-state index contributed by atoms with van der Waals surface area (Å²) in [6.07, 6.45) is 1.86. The number of anilines is 1. The summed E-state index contributed by atoms with van der Waals surface area (Å²) in [4.78, 5) is 33.2. The number of benzene rings is 3. The summed E-state index contributed by atoms with van der Waals surface area (Å²) in [5.41, 5.74) is 1.52. The van der Waals surface area contributed by atoms with Gasteiger partial charge in [0.15, 0.2) is 16.6 Å². The smallest absolute Gasteiger partial charge is 0.301 e. The zero-order valence-electron chi connectivity index (χ0n) is 23.2. The van der Waals surface area contributed by atoms with Gasteiger partial charge in [-0.2, -0.15) is 0 Å². The first-order valence-electron chi connectivity index (χ1n) is 13.1. The Hall–Kier alpha value is -4.57. The van der Waals surface area contributed by atoms with E-state index in [9.17, 15) is 14.7 Å². The third kappa shape index (κ3) is 5.30. The Kier molecular flexibility index (Phi) is 8.11. The second-order valence-electron chi connectivity index (χ2n) is 9.34. The highest BCUT2D eigenvalue weighted by Crippen LogP contribution is 2.46. The van der Waals surface area contributed by atoms with Gasteiger partial charge in [0.05, 0.1) is 49.8 Å². The molecular weight excluding hydrogens is 544 g/mol. The van der Waals surface area contributed by atoms with Crippen molar-refractivity contribution in [2.75, 3.05) is 32.8 Å². The van der Waals surface area contributed by atoms with E-state index >= 15 is 0 Å². The summed E-state index contributed by atoms with van der Waals surface area (Å²) in [6, 6.07) is 16.3. The van der Waals surface area contributed by atoms with Crippen LogP contribution in [0.3, 0.4) is 0 Å². The SMILES string of the molecule is CCCCOc1ccc(C2/C(=C(\O)c3ccc(OC)cc3)C(=O)C(=O)N2c2nc3ccc(OC)cc3s2)cc1OC. The molecule has 0 radical (unpaired) electrons. The standard InChI is InChI=1S/C31H30N2O7S/c1-5-6-15-40-23-14-9-19(16-24(23)39-4)27-26(28(34)18-7-10-20(37-2)11-8-18)29(35)30(36)33(27)31-32-22-13-12-21(38-3)17-25(22)41-31/h7-14,16-17,27,34H,5-6,15H2,1-4H3/b28-26+. The fourth-order valence-corrected chi connectivity index (χ4v) is 5.69. The number of fused-ring (bicyclic) bond motifs is 1. The average Bonchev–Trinajstić information content (AvgIpc) is 3.54. The number of rotatable bonds is 10. The molecule has 212 valence electrons. The van der Waals surface area contributed by atoms with Crippen LogP contribution in [0, 0.1) is 0 Å². The van der Waals surface area contributed by atoms with Gasteiger partial charge in [-0.25, -0.2) is 4.98 Å². The highest BCUT2D eigenvalue weighted by Gasteiger charge is 2.48. The quantitative estimate of drug-likeness (QED) is 0.104. The number of unbranched alkanes of at least 4 members (excludes halogenated alkanes) is 1. The molecule has 1 atom stereocenters. The Labute approximate surface area is 241 Å². The third-order valence-electron chi connectivity index (χ3n) is 6.86. The Morgan fingerprint density at radius 1 is 0.927 bits per heavy atom. The highest BCUT2D eigenvalue weighted by molar-refractivity contribution is 7.22. The lowest BCUT2D eigenvalue weighted by molar-refractivity contribution is -0.132. The summed E-state index contributed by atoms with van der Waals surface area (Å²) in [5.74, 6) is 0.317. The van der Waals surface area contributed by atoms with Crippen LogP contribution in [0.5, 0.6) is 23.0 Å². The molecule has 3 aromatic carbocycles. The van der Waals surface area contributed by atoms with Crippen LogP contribution >= 0.6 is 11.3 Å². The Morgan fingerprint density at radius 3 is 2.34 bits per heavy atom. The number of aliphatic hydroxyl groups is 1. The fraction of sp³-hybridized carbons (Fsp3) is 0.258. The lowest BCUT2D eigenvalue weighted by Gasteiger charge is -2.24. The second-order valence-corrected chi connectivity index (χ2v) is 10.3. The first-order valence-corrected chi connectivity index (χ1v) is 13.9. The van der Waals surface area contributed by atoms with Crippen LogP contribution in [0.1, 0.15) is 36.9 Å². The number of thiazole rings is 1. The summed E-state index contributed by atoms with van der Waals surface area (Å²) in [5, 5.41) is 11.8. The predicted molar refractivity (Wildman–Crippen MR) is 157 cm³/mol. The summed E-state index contributed by atoms with van der Waals surface area (Å²) >= 11 is 1.25.